The summed E-state index contributed by atoms with van der Waals surface area (Å²) in [5.74, 6) is 0. The van der Waals surface area contributed by atoms with Gasteiger partial charge in [0, 0.05) is 12.1 Å². The van der Waals surface area contributed by atoms with Gasteiger partial charge in [-0.3, -0.25) is 10.1 Å². The Kier molecular flexibility index (Phi) is 3.86. The van der Waals surface area contributed by atoms with Crippen LogP contribution in [-0.4, -0.2) is 4.92 Å². The highest BCUT2D eigenvalue weighted by Crippen LogP contribution is 2.27. The van der Waals surface area contributed by atoms with Gasteiger partial charge in [-0.1, -0.05) is 35.4 Å². The van der Waals surface area contributed by atoms with Crippen LogP contribution in [0.5, 0.6) is 0 Å². The molecule has 0 bridgehead atoms. The van der Waals surface area contributed by atoms with Gasteiger partial charge in [0.05, 0.1) is 11.0 Å². The van der Waals surface area contributed by atoms with Gasteiger partial charge in [-0.15, -0.1) is 0 Å². The summed E-state index contributed by atoms with van der Waals surface area (Å²) in [6.07, 6.45) is 0. The van der Waals surface area contributed by atoms with Gasteiger partial charge >= 0.3 is 0 Å². The molecule has 0 aliphatic heterocycles. The van der Waals surface area contributed by atoms with Gasteiger partial charge in [-0.2, -0.15) is 0 Å². The van der Waals surface area contributed by atoms with Gasteiger partial charge < -0.3 is 5.73 Å². The molecule has 1 unspecified atom stereocenters. The van der Waals surface area contributed by atoms with Crippen molar-refractivity contribution in [1.29, 1.82) is 0 Å². The fourth-order valence-corrected chi connectivity index (χ4v) is 2.45. The van der Waals surface area contributed by atoms with Crippen LogP contribution in [0.3, 0.4) is 0 Å². The zero-order chi connectivity index (χ0) is 14.9. The fraction of sp³-hybridized carbons (Fsp3) is 0.250. The van der Waals surface area contributed by atoms with Crippen LogP contribution in [-0.2, 0) is 0 Å². The Hall–Kier alpha value is -2.20. The van der Waals surface area contributed by atoms with Crippen LogP contribution in [0.1, 0.15) is 33.9 Å². The van der Waals surface area contributed by atoms with Crippen LogP contribution in [0.15, 0.2) is 36.4 Å². The minimum Gasteiger partial charge on any atom is -0.320 e. The van der Waals surface area contributed by atoms with Crippen molar-refractivity contribution in [3.05, 3.63) is 74.3 Å². The van der Waals surface area contributed by atoms with Crippen molar-refractivity contribution in [3.8, 4) is 0 Å². The van der Waals surface area contributed by atoms with Crippen molar-refractivity contribution in [1.82, 2.24) is 0 Å². The van der Waals surface area contributed by atoms with Crippen molar-refractivity contribution in [2.45, 2.75) is 26.8 Å². The number of nitro benzene ring substituents is 1. The topological polar surface area (TPSA) is 69.2 Å². The summed E-state index contributed by atoms with van der Waals surface area (Å²) in [4.78, 5) is 10.5. The smallest absolute Gasteiger partial charge is 0.269 e. The lowest BCUT2D eigenvalue weighted by Crippen LogP contribution is -2.14. The Bertz CT molecular complexity index is 645. The van der Waals surface area contributed by atoms with Gasteiger partial charge in [-0.05, 0) is 37.5 Å². The number of nitro groups is 1. The van der Waals surface area contributed by atoms with Gasteiger partial charge in [0.1, 0.15) is 0 Å². The summed E-state index contributed by atoms with van der Waals surface area (Å²) in [6.45, 7) is 5.95. The molecule has 0 heterocycles. The number of hydrogen-bond acceptors (Lipinski definition) is 3. The second kappa shape index (κ2) is 5.43. The molecule has 2 rings (SSSR count). The van der Waals surface area contributed by atoms with E-state index in [4.69, 9.17) is 5.73 Å². The standard InChI is InChI=1S/C16H18N2O2/c1-10-6-11(2)8-13(7-10)16(17)15-9-14(18(19)20)5-4-12(15)3/h4-9,16H,17H2,1-3H3. The number of rotatable bonds is 3. The third-order valence-corrected chi connectivity index (χ3v) is 3.41. The van der Waals surface area contributed by atoms with Crippen LogP contribution >= 0.6 is 0 Å². The lowest BCUT2D eigenvalue weighted by molar-refractivity contribution is -0.384. The van der Waals surface area contributed by atoms with Crippen molar-refractivity contribution in [2.24, 2.45) is 5.73 Å². The Morgan fingerprint density at radius 3 is 2.20 bits per heavy atom. The van der Waals surface area contributed by atoms with Gasteiger partial charge in [-0.25, -0.2) is 0 Å². The molecule has 20 heavy (non-hydrogen) atoms. The minimum atomic E-state index is -0.392. The second-order valence-electron chi connectivity index (χ2n) is 5.20. The molecule has 0 fully saturated rings. The van der Waals surface area contributed by atoms with Crippen LogP contribution in [0.25, 0.3) is 0 Å². The first-order valence-corrected chi connectivity index (χ1v) is 6.47. The first kappa shape index (κ1) is 14.2. The summed E-state index contributed by atoms with van der Waals surface area (Å²) in [5, 5.41) is 10.9. The number of nitrogens with two attached hydrogens (primary N) is 1. The van der Waals surface area contributed by atoms with Crippen LogP contribution in [0.2, 0.25) is 0 Å². The maximum Gasteiger partial charge on any atom is 0.269 e. The molecule has 0 spiro atoms. The lowest BCUT2D eigenvalue weighted by Gasteiger charge is -2.16. The normalized spacial score (nSPS) is 12.2. The van der Waals surface area contributed by atoms with Gasteiger partial charge in [0.2, 0.25) is 0 Å². The highest BCUT2D eigenvalue weighted by molar-refractivity contribution is 5.45. The molecule has 0 saturated heterocycles. The first-order chi connectivity index (χ1) is 9.38. The second-order valence-corrected chi connectivity index (χ2v) is 5.20. The third-order valence-electron chi connectivity index (χ3n) is 3.41. The van der Waals surface area contributed by atoms with E-state index in [-0.39, 0.29) is 11.7 Å². The lowest BCUT2D eigenvalue weighted by atomic mass is 9.93. The summed E-state index contributed by atoms with van der Waals surface area (Å²) in [6, 6.07) is 10.6. The molecule has 0 aliphatic rings. The molecular weight excluding hydrogens is 252 g/mol. The Labute approximate surface area is 118 Å². The van der Waals surface area contributed by atoms with Crippen molar-refractivity contribution < 1.29 is 4.92 Å². The van der Waals surface area contributed by atoms with E-state index in [0.717, 1.165) is 27.8 Å². The molecule has 0 aromatic heterocycles. The zero-order valence-corrected chi connectivity index (χ0v) is 11.9. The number of aryl methyl sites for hydroxylation is 3. The molecule has 0 aliphatic carbocycles. The summed E-state index contributed by atoms with van der Waals surface area (Å²) in [7, 11) is 0. The van der Waals surface area contributed by atoms with Crippen LogP contribution < -0.4 is 5.73 Å². The van der Waals surface area contributed by atoms with E-state index in [1.54, 1.807) is 12.1 Å². The quantitative estimate of drug-likeness (QED) is 0.684. The molecule has 4 heteroatoms. The van der Waals surface area contributed by atoms with Crippen LogP contribution in [0, 0.1) is 30.9 Å². The highest BCUT2D eigenvalue weighted by atomic mass is 16.6. The number of nitrogens with zero attached hydrogens (tertiary/aromatic N) is 1. The summed E-state index contributed by atoms with van der Waals surface area (Å²) >= 11 is 0. The summed E-state index contributed by atoms with van der Waals surface area (Å²) in [5.41, 5.74) is 11.4. The minimum absolute atomic E-state index is 0.0745. The largest absolute Gasteiger partial charge is 0.320 e. The average molecular weight is 270 g/mol. The Morgan fingerprint density at radius 1 is 1.05 bits per heavy atom. The number of hydrogen-bond donors (Lipinski definition) is 1. The van der Waals surface area contributed by atoms with E-state index in [0.29, 0.717) is 0 Å². The zero-order valence-electron chi connectivity index (χ0n) is 11.9. The van der Waals surface area contributed by atoms with E-state index in [9.17, 15) is 10.1 Å². The van der Waals surface area contributed by atoms with Gasteiger partial charge in [0.25, 0.3) is 5.69 Å². The molecule has 2 N–H and O–H groups in total. The Balaban J connectivity index is 2.49. The molecule has 0 amide bonds. The molecule has 104 valence electrons. The van der Waals surface area contributed by atoms with E-state index in [2.05, 4.69) is 6.07 Å². The number of non-ortho nitro benzene ring substituents is 1. The average Bonchev–Trinajstić information content (AvgIpc) is 2.37. The third kappa shape index (κ3) is 2.86. The van der Waals surface area contributed by atoms with E-state index >= 15 is 0 Å². The predicted molar refractivity (Wildman–Crippen MR) is 79.8 cm³/mol. The molecule has 2 aromatic rings. The van der Waals surface area contributed by atoms with Crippen molar-refractivity contribution >= 4 is 5.69 Å². The van der Waals surface area contributed by atoms with E-state index < -0.39 is 4.92 Å². The Morgan fingerprint density at radius 2 is 1.65 bits per heavy atom. The molecular formula is C16H18N2O2. The van der Waals surface area contributed by atoms with Gasteiger partial charge in [0.15, 0.2) is 0 Å². The van der Waals surface area contributed by atoms with E-state index in [1.165, 1.54) is 6.07 Å². The first-order valence-electron chi connectivity index (χ1n) is 6.47. The van der Waals surface area contributed by atoms with Crippen molar-refractivity contribution in [2.75, 3.05) is 0 Å². The molecule has 2 aromatic carbocycles. The maximum absolute atomic E-state index is 10.9. The maximum atomic E-state index is 10.9. The molecule has 1 atom stereocenters. The fourth-order valence-electron chi connectivity index (χ4n) is 2.45. The monoisotopic (exact) mass is 270 g/mol. The number of benzene rings is 2. The molecule has 0 saturated carbocycles. The molecule has 0 radical (unpaired) electrons. The van der Waals surface area contributed by atoms with E-state index in [1.807, 2.05) is 32.9 Å². The molecule has 4 nitrogen and oxygen atoms in total. The summed E-state index contributed by atoms with van der Waals surface area (Å²) < 4.78 is 0. The predicted octanol–water partition coefficient (Wildman–Crippen LogP) is 3.57. The SMILES string of the molecule is Cc1cc(C)cc(C(N)c2cc([N+](=O)[O-])ccc2C)c1. The van der Waals surface area contributed by atoms with Crippen LogP contribution in [0.4, 0.5) is 5.69 Å². The van der Waals surface area contributed by atoms with Crippen molar-refractivity contribution in [3.63, 3.8) is 0 Å². The highest BCUT2D eigenvalue weighted by Gasteiger charge is 2.16.